The van der Waals surface area contributed by atoms with Crippen LogP contribution in [0.15, 0.2) is 65.4 Å². The molecule has 0 aliphatic heterocycles. The molecule has 0 aliphatic carbocycles. The SMILES string of the molecule is C[C@H](Oc1ccn(-c2ccccc2)n1)C(=O)NCCc1ccco1. The van der Waals surface area contributed by atoms with E-state index in [1.165, 1.54) is 0 Å². The number of hydrogen-bond donors (Lipinski definition) is 1. The maximum absolute atomic E-state index is 12.1. The van der Waals surface area contributed by atoms with E-state index in [0.717, 1.165) is 11.4 Å². The zero-order chi connectivity index (χ0) is 16.8. The molecule has 0 radical (unpaired) electrons. The molecule has 124 valence electrons. The number of nitrogens with zero attached hydrogens (tertiary/aromatic N) is 2. The Balaban J connectivity index is 1.50. The highest BCUT2D eigenvalue weighted by Gasteiger charge is 2.15. The van der Waals surface area contributed by atoms with Crippen LogP contribution in [0.4, 0.5) is 0 Å². The summed E-state index contributed by atoms with van der Waals surface area (Å²) in [5.74, 6) is 1.06. The highest BCUT2D eigenvalue weighted by molar-refractivity contribution is 5.80. The first-order valence-electron chi connectivity index (χ1n) is 7.80. The van der Waals surface area contributed by atoms with Gasteiger partial charge in [0, 0.05) is 25.2 Å². The third kappa shape index (κ3) is 4.04. The summed E-state index contributed by atoms with van der Waals surface area (Å²) in [6, 6.07) is 15.1. The molecule has 1 aromatic carbocycles. The third-order valence-electron chi connectivity index (χ3n) is 3.50. The second-order valence-electron chi connectivity index (χ2n) is 5.31. The molecule has 0 fully saturated rings. The minimum atomic E-state index is -0.624. The Bertz CT molecular complexity index is 766. The van der Waals surface area contributed by atoms with Gasteiger partial charge in [-0.2, -0.15) is 0 Å². The van der Waals surface area contributed by atoms with Crippen LogP contribution in [0.5, 0.6) is 5.88 Å². The Morgan fingerprint density at radius 1 is 1.25 bits per heavy atom. The molecule has 0 spiro atoms. The van der Waals surface area contributed by atoms with Gasteiger partial charge in [0.1, 0.15) is 5.76 Å². The number of nitrogens with one attached hydrogen (secondary N) is 1. The van der Waals surface area contributed by atoms with Crippen molar-refractivity contribution in [1.29, 1.82) is 0 Å². The number of carbonyl (C=O) groups is 1. The van der Waals surface area contributed by atoms with Gasteiger partial charge >= 0.3 is 0 Å². The highest BCUT2D eigenvalue weighted by atomic mass is 16.5. The largest absolute Gasteiger partial charge is 0.469 e. The summed E-state index contributed by atoms with van der Waals surface area (Å²) in [6.45, 7) is 2.20. The topological polar surface area (TPSA) is 69.3 Å². The molecular formula is C18H19N3O3. The predicted molar refractivity (Wildman–Crippen MR) is 89.1 cm³/mol. The Morgan fingerprint density at radius 3 is 2.83 bits per heavy atom. The molecule has 0 aliphatic rings. The fourth-order valence-electron chi connectivity index (χ4n) is 2.24. The van der Waals surface area contributed by atoms with Crippen LogP contribution < -0.4 is 10.1 Å². The lowest BCUT2D eigenvalue weighted by Crippen LogP contribution is -2.37. The van der Waals surface area contributed by atoms with E-state index in [9.17, 15) is 4.79 Å². The Kier molecular flexibility index (Phi) is 4.96. The van der Waals surface area contributed by atoms with Crippen LogP contribution in [-0.2, 0) is 11.2 Å². The average molecular weight is 325 g/mol. The zero-order valence-electron chi connectivity index (χ0n) is 13.4. The van der Waals surface area contributed by atoms with Gasteiger partial charge in [0.15, 0.2) is 6.10 Å². The maximum Gasteiger partial charge on any atom is 0.260 e. The van der Waals surface area contributed by atoms with Crippen molar-refractivity contribution in [2.75, 3.05) is 6.54 Å². The van der Waals surface area contributed by atoms with Crippen LogP contribution in [-0.4, -0.2) is 28.3 Å². The molecule has 3 rings (SSSR count). The van der Waals surface area contributed by atoms with E-state index in [0.29, 0.717) is 18.8 Å². The van der Waals surface area contributed by atoms with Crippen molar-refractivity contribution < 1.29 is 13.9 Å². The van der Waals surface area contributed by atoms with Gasteiger partial charge in [0.25, 0.3) is 5.91 Å². The molecular weight excluding hydrogens is 306 g/mol. The molecule has 0 bridgehead atoms. The summed E-state index contributed by atoms with van der Waals surface area (Å²) in [6.07, 6.45) is 3.44. The van der Waals surface area contributed by atoms with E-state index in [4.69, 9.17) is 9.15 Å². The quantitative estimate of drug-likeness (QED) is 0.725. The van der Waals surface area contributed by atoms with Gasteiger partial charge in [0.2, 0.25) is 5.88 Å². The number of furan rings is 1. The summed E-state index contributed by atoms with van der Waals surface area (Å²) >= 11 is 0. The van der Waals surface area contributed by atoms with Crippen LogP contribution in [0.2, 0.25) is 0 Å². The second-order valence-corrected chi connectivity index (χ2v) is 5.31. The first-order valence-corrected chi connectivity index (χ1v) is 7.80. The van der Waals surface area contributed by atoms with Crippen molar-refractivity contribution in [2.45, 2.75) is 19.4 Å². The van der Waals surface area contributed by atoms with Gasteiger partial charge in [-0.05, 0) is 31.2 Å². The van der Waals surface area contributed by atoms with Crippen LogP contribution in [0.25, 0.3) is 5.69 Å². The van der Waals surface area contributed by atoms with E-state index < -0.39 is 6.10 Å². The molecule has 2 heterocycles. The van der Waals surface area contributed by atoms with Crippen molar-refractivity contribution in [1.82, 2.24) is 15.1 Å². The lowest BCUT2D eigenvalue weighted by atomic mass is 10.3. The number of para-hydroxylation sites is 1. The van der Waals surface area contributed by atoms with Crippen LogP contribution in [0.1, 0.15) is 12.7 Å². The Morgan fingerprint density at radius 2 is 2.08 bits per heavy atom. The molecule has 0 unspecified atom stereocenters. The number of ether oxygens (including phenoxy) is 1. The zero-order valence-corrected chi connectivity index (χ0v) is 13.4. The number of amides is 1. The van der Waals surface area contributed by atoms with E-state index in [2.05, 4.69) is 10.4 Å². The molecule has 6 heteroatoms. The van der Waals surface area contributed by atoms with Gasteiger partial charge in [0.05, 0.1) is 12.0 Å². The minimum Gasteiger partial charge on any atom is -0.469 e. The Labute approximate surface area is 140 Å². The van der Waals surface area contributed by atoms with Crippen molar-refractivity contribution in [3.63, 3.8) is 0 Å². The van der Waals surface area contributed by atoms with Gasteiger partial charge in [-0.1, -0.05) is 18.2 Å². The predicted octanol–water partition coefficient (Wildman–Crippen LogP) is 2.59. The summed E-state index contributed by atoms with van der Waals surface area (Å²) in [4.78, 5) is 12.1. The summed E-state index contributed by atoms with van der Waals surface area (Å²) in [7, 11) is 0. The number of carbonyl (C=O) groups excluding carboxylic acids is 1. The maximum atomic E-state index is 12.1. The number of aromatic nitrogens is 2. The molecule has 2 aromatic heterocycles. The standard InChI is InChI=1S/C18H19N3O3/c1-14(18(22)19-11-9-16-8-5-13-23-16)24-17-10-12-21(20-17)15-6-3-2-4-7-15/h2-8,10,12-14H,9,11H2,1H3,(H,19,22)/t14-/m0/s1. The van der Waals surface area contributed by atoms with E-state index in [1.807, 2.05) is 42.5 Å². The monoisotopic (exact) mass is 325 g/mol. The smallest absolute Gasteiger partial charge is 0.260 e. The molecule has 1 atom stereocenters. The van der Waals surface area contributed by atoms with Gasteiger partial charge in [-0.25, -0.2) is 4.68 Å². The van der Waals surface area contributed by atoms with E-state index in [-0.39, 0.29) is 5.91 Å². The normalized spacial score (nSPS) is 11.9. The minimum absolute atomic E-state index is 0.184. The van der Waals surface area contributed by atoms with Crippen molar-refractivity contribution in [3.8, 4) is 11.6 Å². The number of rotatable bonds is 7. The van der Waals surface area contributed by atoms with E-state index in [1.54, 1.807) is 30.1 Å². The molecule has 0 saturated heterocycles. The van der Waals surface area contributed by atoms with Gasteiger partial charge < -0.3 is 14.5 Å². The van der Waals surface area contributed by atoms with Crippen LogP contribution in [0, 0.1) is 0 Å². The molecule has 1 amide bonds. The fraction of sp³-hybridized carbons (Fsp3) is 0.222. The summed E-state index contributed by atoms with van der Waals surface area (Å²) < 4.78 is 12.5. The summed E-state index contributed by atoms with van der Waals surface area (Å²) in [5.41, 5.74) is 0.933. The Hall–Kier alpha value is -3.02. The van der Waals surface area contributed by atoms with Crippen molar-refractivity contribution in [3.05, 3.63) is 66.8 Å². The molecule has 6 nitrogen and oxygen atoms in total. The van der Waals surface area contributed by atoms with Crippen LogP contribution >= 0.6 is 0 Å². The second kappa shape index (κ2) is 7.50. The van der Waals surface area contributed by atoms with Gasteiger partial charge in [-0.3, -0.25) is 4.79 Å². The lowest BCUT2D eigenvalue weighted by molar-refractivity contribution is -0.127. The number of benzene rings is 1. The first kappa shape index (κ1) is 15.9. The highest BCUT2D eigenvalue weighted by Crippen LogP contribution is 2.13. The van der Waals surface area contributed by atoms with Gasteiger partial charge in [-0.15, -0.1) is 5.10 Å². The van der Waals surface area contributed by atoms with Crippen molar-refractivity contribution >= 4 is 5.91 Å². The molecule has 1 N–H and O–H groups in total. The van der Waals surface area contributed by atoms with E-state index >= 15 is 0 Å². The molecule has 24 heavy (non-hydrogen) atoms. The molecule has 3 aromatic rings. The van der Waals surface area contributed by atoms with Crippen molar-refractivity contribution in [2.24, 2.45) is 0 Å². The lowest BCUT2D eigenvalue weighted by Gasteiger charge is -2.12. The third-order valence-corrected chi connectivity index (χ3v) is 3.50. The number of hydrogen-bond acceptors (Lipinski definition) is 4. The molecule has 0 saturated carbocycles. The first-order chi connectivity index (χ1) is 11.7. The summed E-state index contributed by atoms with van der Waals surface area (Å²) in [5, 5.41) is 7.14. The fourth-order valence-corrected chi connectivity index (χ4v) is 2.24. The average Bonchev–Trinajstić information content (AvgIpc) is 3.27. The van der Waals surface area contributed by atoms with Crippen LogP contribution in [0.3, 0.4) is 0 Å².